The fourth-order valence-electron chi connectivity index (χ4n) is 9.17. The molecule has 4 nitrogen and oxygen atoms in total. The lowest BCUT2D eigenvalue weighted by Gasteiger charge is -2.14. The van der Waals surface area contributed by atoms with Crippen molar-refractivity contribution >= 4 is 54.1 Å². The van der Waals surface area contributed by atoms with Gasteiger partial charge in [-0.3, -0.25) is 4.57 Å². The molecular formula is C57H36N4. The number of aromatic nitrogens is 4. The fraction of sp³-hybridized carbons (Fsp3) is 0. The Morgan fingerprint density at radius 1 is 0.262 bits per heavy atom. The largest absolute Gasteiger partial charge is 0.277 e. The predicted molar refractivity (Wildman–Crippen MR) is 254 cm³/mol. The molecule has 0 aliphatic carbocycles. The first-order valence-corrected chi connectivity index (χ1v) is 20.7. The van der Waals surface area contributed by atoms with Crippen LogP contribution < -0.4 is 0 Å². The summed E-state index contributed by atoms with van der Waals surface area (Å²) in [7, 11) is 0. The van der Waals surface area contributed by atoms with E-state index in [1.165, 1.54) is 37.9 Å². The van der Waals surface area contributed by atoms with Crippen LogP contribution in [-0.2, 0) is 0 Å². The molecule has 0 atom stereocenters. The Morgan fingerprint density at radius 3 is 1.41 bits per heavy atom. The lowest BCUT2D eigenvalue weighted by Crippen LogP contribution is -2.07. The van der Waals surface area contributed by atoms with Crippen molar-refractivity contribution in [1.82, 2.24) is 19.5 Å². The molecule has 61 heavy (non-hydrogen) atoms. The number of hydrogen-bond acceptors (Lipinski definition) is 3. The minimum absolute atomic E-state index is 0.563. The van der Waals surface area contributed by atoms with Gasteiger partial charge in [0, 0.05) is 27.5 Å². The van der Waals surface area contributed by atoms with Crippen molar-refractivity contribution in [3.63, 3.8) is 0 Å². The molecule has 0 amide bonds. The van der Waals surface area contributed by atoms with E-state index in [1.54, 1.807) is 0 Å². The third-order valence-corrected chi connectivity index (χ3v) is 12.1. The van der Waals surface area contributed by atoms with E-state index in [2.05, 4.69) is 217 Å². The van der Waals surface area contributed by atoms with Gasteiger partial charge in [-0.05, 0) is 78.3 Å². The van der Waals surface area contributed by atoms with Crippen molar-refractivity contribution in [3.8, 4) is 62.1 Å². The third-order valence-electron chi connectivity index (χ3n) is 12.1. The van der Waals surface area contributed by atoms with E-state index in [9.17, 15) is 0 Å². The van der Waals surface area contributed by atoms with E-state index < -0.39 is 0 Å². The van der Waals surface area contributed by atoms with Crippen LogP contribution in [-0.4, -0.2) is 19.5 Å². The molecule has 4 heteroatoms. The first kappa shape index (κ1) is 34.8. The minimum Gasteiger partial charge on any atom is -0.277 e. The van der Waals surface area contributed by atoms with E-state index in [-0.39, 0.29) is 0 Å². The van der Waals surface area contributed by atoms with Crippen molar-refractivity contribution < 1.29 is 0 Å². The maximum absolute atomic E-state index is 5.43. The Balaban J connectivity index is 1.12. The van der Waals surface area contributed by atoms with E-state index in [1.807, 2.05) is 6.07 Å². The summed E-state index contributed by atoms with van der Waals surface area (Å²) in [4.78, 5) is 16.1. The van der Waals surface area contributed by atoms with Crippen LogP contribution in [0.3, 0.4) is 0 Å². The Bertz CT molecular complexity index is 3590. The van der Waals surface area contributed by atoms with Crippen LogP contribution in [0.15, 0.2) is 218 Å². The highest BCUT2D eigenvalue weighted by Crippen LogP contribution is 2.40. The molecule has 0 aliphatic heterocycles. The maximum Gasteiger partial charge on any atom is 0.238 e. The second-order valence-electron chi connectivity index (χ2n) is 15.6. The zero-order valence-corrected chi connectivity index (χ0v) is 33.1. The van der Waals surface area contributed by atoms with E-state index >= 15 is 0 Å². The Kier molecular flexibility index (Phi) is 8.13. The van der Waals surface area contributed by atoms with E-state index in [0.29, 0.717) is 17.6 Å². The number of rotatable bonds is 6. The number of hydrogen-bond donors (Lipinski definition) is 0. The summed E-state index contributed by atoms with van der Waals surface area (Å²) in [5.74, 6) is 1.78. The van der Waals surface area contributed by atoms with Crippen LogP contribution in [0.2, 0.25) is 0 Å². The van der Waals surface area contributed by atoms with Gasteiger partial charge in [-0.1, -0.05) is 200 Å². The fourth-order valence-corrected chi connectivity index (χ4v) is 9.17. The number of fused-ring (bicyclic) bond motifs is 9. The second-order valence-corrected chi connectivity index (χ2v) is 15.6. The molecule has 0 saturated heterocycles. The Labute approximate surface area is 352 Å². The molecule has 12 aromatic rings. The minimum atomic E-state index is 0.563. The third kappa shape index (κ3) is 5.88. The summed E-state index contributed by atoms with van der Waals surface area (Å²) in [5.41, 5.74) is 10.8. The van der Waals surface area contributed by atoms with Gasteiger partial charge >= 0.3 is 0 Å². The van der Waals surface area contributed by atoms with Crippen LogP contribution >= 0.6 is 0 Å². The highest BCUT2D eigenvalue weighted by Gasteiger charge is 2.21. The smallest absolute Gasteiger partial charge is 0.238 e. The second kappa shape index (κ2) is 14.3. The topological polar surface area (TPSA) is 43.6 Å². The molecule has 0 bridgehead atoms. The summed E-state index contributed by atoms with van der Waals surface area (Å²) in [5, 5.41) is 9.55. The van der Waals surface area contributed by atoms with Crippen molar-refractivity contribution in [2.75, 3.05) is 0 Å². The summed E-state index contributed by atoms with van der Waals surface area (Å²) >= 11 is 0. The monoisotopic (exact) mass is 776 g/mol. The molecule has 0 spiro atoms. The van der Waals surface area contributed by atoms with Crippen molar-refractivity contribution in [3.05, 3.63) is 218 Å². The van der Waals surface area contributed by atoms with Crippen LogP contribution in [0.4, 0.5) is 0 Å². The van der Waals surface area contributed by atoms with Gasteiger partial charge in [0.2, 0.25) is 5.95 Å². The van der Waals surface area contributed by atoms with Crippen LogP contribution in [0, 0.1) is 0 Å². The molecule has 284 valence electrons. The molecule has 12 rings (SSSR count). The lowest BCUT2D eigenvalue weighted by atomic mass is 9.93. The number of para-hydroxylation sites is 2. The molecule has 0 saturated carbocycles. The SMILES string of the molecule is c1ccc(-c2ccc(-c3nc(-c4ccc5c6ccccc6c6ccccc6c5c4)nc(-n4c5ccccc5c5cccc(-c6cccc(-c7ccccc7)c6)c54)n3)cc2)cc1. The van der Waals surface area contributed by atoms with Gasteiger partial charge in [-0.2, -0.15) is 9.97 Å². The van der Waals surface area contributed by atoms with Gasteiger partial charge in [-0.25, -0.2) is 4.98 Å². The average molecular weight is 777 g/mol. The quantitative estimate of drug-likeness (QED) is 0.158. The summed E-state index contributed by atoms with van der Waals surface area (Å²) in [6.07, 6.45) is 0. The Morgan fingerprint density at radius 2 is 0.721 bits per heavy atom. The first-order valence-electron chi connectivity index (χ1n) is 20.7. The van der Waals surface area contributed by atoms with Gasteiger partial charge in [-0.15, -0.1) is 0 Å². The highest BCUT2D eigenvalue weighted by atomic mass is 15.2. The summed E-state index contributed by atoms with van der Waals surface area (Å²) < 4.78 is 2.24. The average Bonchev–Trinajstić information content (AvgIpc) is 3.69. The lowest BCUT2D eigenvalue weighted by molar-refractivity contribution is 0.954. The van der Waals surface area contributed by atoms with Gasteiger partial charge in [0.25, 0.3) is 0 Å². The molecule has 2 heterocycles. The normalized spacial score (nSPS) is 11.6. The number of nitrogens with zero attached hydrogens (tertiary/aromatic N) is 4. The maximum atomic E-state index is 5.43. The van der Waals surface area contributed by atoms with E-state index in [4.69, 9.17) is 15.0 Å². The van der Waals surface area contributed by atoms with Crippen LogP contribution in [0.5, 0.6) is 0 Å². The zero-order valence-electron chi connectivity index (χ0n) is 33.1. The molecule has 10 aromatic carbocycles. The summed E-state index contributed by atoms with van der Waals surface area (Å²) in [6.45, 7) is 0. The molecule has 2 aromatic heterocycles. The zero-order chi connectivity index (χ0) is 40.3. The molecule has 0 N–H and O–H groups in total. The predicted octanol–water partition coefficient (Wildman–Crippen LogP) is 14.8. The molecule has 0 fully saturated rings. The van der Waals surface area contributed by atoms with Crippen LogP contribution in [0.1, 0.15) is 0 Å². The molecule has 0 radical (unpaired) electrons. The molecule has 0 aliphatic rings. The first-order chi connectivity index (χ1) is 30.2. The molecular weight excluding hydrogens is 741 g/mol. The van der Waals surface area contributed by atoms with Gasteiger partial charge in [0.15, 0.2) is 11.6 Å². The van der Waals surface area contributed by atoms with Crippen LogP contribution in [0.25, 0.3) is 116 Å². The molecule has 0 unspecified atom stereocenters. The van der Waals surface area contributed by atoms with Crippen molar-refractivity contribution in [2.24, 2.45) is 0 Å². The highest BCUT2D eigenvalue weighted by molar-refractivity contribution is 6.25. The van der Waals surface area contributed by atoms with Crippen molar-refractivity contribution in [1.29, 1.82) is 0 Å². The summed E-state index contributed by atoms with van der Waals surface area (Å²) in [6, 6.07) is 77.6. The van der Waals surface area contributed by atoms with Gasteiger partial charge in [0.1, 0.15) is 0 Å². The van der Waals surface area contributed by atoms with Gasteiger partial charge < -0.3 is 0 Å². The standard InChI is InChI=1S/C57H36N4/c1-3-15-37(16-4-1)39-29-31-40(32-30-39)55-58-56(43-33-34-49-47-23-8-7-21-45(47)46-22-9-10-24-48(46)52(49)36-43)60-57(59-55)61-53-28-12-11-25-50(53)51-27-14-26-44(54(51)61)42-20-13-19-41(35-42)38-17-5-2-6-18-38/h1-36H. The van der Waals surface area contributed by atoms with Crippen molar-refractivity contribution in [2.45, 2.75) is 0 Å². The van der Waals surface area contributed by atoms with Gasteiger partial charge in [0.05, 0.1) is 11.0 Å². The number of benzene rings is 10. The van der Waals surface area contributed by atoms with E-state index in [0.717, 1.165) is 60.8 Å². The Hall–Kier alpha value is -8.21.